The topological polar surface area (TPSA) is 99.2 Å². The van der Waals surface area contributed by atoms with Crippen LogP contribution in [0.5, 0.6) is 5.75 Å². The summed E-state index contributed by atoms with van der Waals surface area (Å²) >= 11 is 0. The van der Waals surface area contributed by atoms with E-state index in [1.54, 1.807) is 11.0 Å². The van der Waals surface area contributed by atoms with Gasteiger partial charge in [0.2, 0.25) is 5.91 Å². The lowest BCUT2D eigenvalue weighted by Gasteiger charge is -2.32. The monoisotopic (exact) mass is 456 g/mol. The van der Waals surface area contributed by atoms with E-state index in [4.69, 9.17) is 15.6 Å². The number of nitrogen functional groups attached to an aromatic ring is 1. The summed E-state index contributed by atoms with van der Waals surface area (Å²) in [6.07, 6.45) is 11.9. The Kier molecular flexibility index (Phi) is 7.17. The maximum absolute atomic E-state index is 12.2. The number of carbonyl (C=O) groups excluding carboxylic acids is 1. The van der Waals surface area contributed by atoms with Crippen molar-refractivity contribution in [1.82, 2.24) is 24.6 Å². The van der Waals surface area contributed by atoms with Gasteiger partial charge in [0.25, 0.3) is 0 Å². The quantitative estimate of drug-likeness (QED) is 0.407. The van der Waals surface area contributed by atoms with Gasteiger partial charge in [0, 0.05) is 18.7 Å². The summed E-state index contributed by atoms with van der Waals surface area (Å²) in [7, 11) is 0. The van der Waals surface area contributed by atoms with Gasteiger partial charge in [-0.3, -0.25) is 4.79 Å². The summed E-state index contributed by atoms with van der Waals surface area (Å²) < 4.78 is 7.64. The number of hydrogen-bond donors (Lipinski definition) is 1. The van der Waals surface area contributed by atoms with Gasteiger partial charge in [-0.2, -0.15) is 5.10 Å². The van der Waals surface area contributed by atoms with E-state index >= 15 is 0 Å². The molecule has 1 atom stereocenters. The zero-order valence-electron chi connectivity index (χ0n) is 19.0. The van der Waals surface area contributed by atoms with Crippen LogP contribution >= 0.6 is 0 Å². The van der Waals surface area contributed by atoms with E-state index in [1.807, 2.05) is 53.2 Å². The van der Waals surface area contributed by atoms with E-state index < -0.39 is 0 Å². The third-order valence-electron chi connectivity index (χ3n) is 5.70. The van der Waals surface area contributed by atoms with Gasteiger partial charge in [-0.05, 0) is 37.1 Å². The average Bonchev–Trinajstić information content (AvgIpc) is 3.27. The van der Waals surface area contributed by atoms with E-state index in [1.165, 1.54) is 12.4 Å². The Morgan fingerprint density at radius 1 is 1.24 bits per heavy atom. The first-order valence-corrected chi connectivity index (χ1v) is 11.2. The molecule has 174 valence electrons. The van der Waals surface area contributed by atoms with Crippen LogP contribution in [0.1, 0.15) is 24.6 Å². The van der Waals surface area contributed by atoms with Gasteiger partial charge in [0.1, 0.15) is 30.2 Å². The number of carbonyl (C=O) groups is 1. The molecule has 0 spiro atoms. The molecule has 1 aliphatic rings. The SMILES string of the molecule is C=C/C=C(\C=C/COc1ccccc1)c1nn(C2CCCN(C(=O)C=C)C2)c2ncnc(N)c12. The van der Waals surface area contributed by atoms with Crippen molar-refractivity contribution in [1.29, 1.82) is 0 Å². The molecule has 0 radical (unpaired) electrons. The molecule has 0 saturated carbocycles. The van der Waals surface area contributed by atoms with E-state index in [0.717, 1.165) is 24.2 Å². The predicted molar refractivity (Wildman–Crippen MR) is 134 cm³/mol. The van der Waals surface area contributed by atoms with E-state index in [-0.39, 0.29) is 11.9 Å². The molecule has 2 aromatic heterocycles. The molecule has 4 rings (SSSR count). The van der Waals surface area contributed by atoms with Crippen LogP contribution in [-0.4, -0.2) is 50.3 Å². The highest BCUT2D eigenvalue weighted by Gasteiger charge is 2.28. The number of para-hydroxylation sites is 1. The second-order valence-electron chi connectivity index (χ2n) is 7.92. The first kappa shape index (κ1) is 23.0. The Morgan fingerprint density at radius 2 is 2.06 bits per heavy atom. The minimum absolute atomic E-state index is 0.0291. The van der Waals surface area contributed by atoms with Crippen LogP contribution in [0.3, 0.4) is 0 Å². The molecule has 3 heterocycles. The molecular formula is C26H28N6O2. The highest BCUT2D eigenvalue weighted by Crippen LogP contribution is 2.32. The first-order chi connectivity index (χ1) is 16.6. The summed E-state index contributed by atoms with van der Waals surface area (Å²) in [6.45, 7) is 9.09. The number of aromatic nitrogens is 4. The molecule has 0 bridgehead atoms. The zero-order chi connectivity index (χ0) is 23.9. The minimum Gasteiger partial charge on any atom is -0.490 e. The van der Waals surface area contributed by atoms with Crippen LogP contribution in [-0.2, 0) is 4.79 Å². The average molecular weight is 457 g/mol. The Bertz CT molecular complexity index is 1240. The number of likely N-dealkylation sites (tertiary alicyclic amines) is 1. The van der Waals surface area contributed by atoms with Crippen molar-refractivity contribution in [2.45, 2.75) is 18.9 Å². The van der Waals surface area contributed by atoms with Crippen molar-refractivity contribution < 1.29 is 9.53 Å². The minimum atomic E-state index is -0.0795. The smallest absolute Gasteiger partial charge is 0.246 e. The van der Waals surface area contributed by atoms with Crippen molar-refractivity contribution in [2.24, 2.45) is 0 Å². The summed E-state index contributed by atoms with van der Waals surface area (Å²) in [6, 6.07) is 9.59. The lowest BCUT2D eigenvalue weighted by atomic mass is 10.1. The van der Waals surface area contributed by atoms with Crippen LogP contribution in [0.2, 0.25) is 0 Å². The molecule has 34 heavy (non-hydrogen) atoms. The molecular weight excluding hydrogens is 428 g/mol. The molecule has 2 N–H and O–H groups in total. The standard InChI is InChI=1S/C26H28N6O2/c1-3-10-19(11-9-16-34-21-13-6-5-7-14-21)24-23-25(27)28-18-29-26(23)32(30-24)20-12-8-15-31(17-20)22(33)4-2/h3-7,9-11,13-14,18,20H,1-2,8,12,15-17H2,(H2,27,28,29)/b11-9-,19-10+. The van der Waals surface area contributed by atoms with E-state index in [2.05, 4.69) is 23.1 Å². The lowest BCUT2D eigenvalue weighted by molar-refractivity contribution is -0.127. The zero-order valence-corrected chi connectivity index (χ0v) is 19.0. The van der Waals surface area contributed by atoms with Crippen LogP contribution in [0, 0.1) is 0 Å². The highest BCUT2D eigenvalue weighted by molar-refractivity contribution is 5.97. The van der Waals surface area contributed by atoms with Crippen molar-refractivity contribution in [2.75, 3.05) is 25.4 Å². The highest BCUT2D eigenvalue weighted by atomic mass is 16.5. The van der Waals surface area contributed by atoms with Gasteiger partial charge in [0.05, 0.1) is 11.4 Å². The molecule has 0 aliphatic carbocycles. The number of piperidine rings is 1. The van der Waals surface area contributed by atoms with Gasteiger partial charge < -0.3 is 15.4 Å². The molecule has 1 aromatic carbocycles. The van der Waals surface area contributed by atoms with Gasteiger partial charge in [-0.15, -0.1) is 0 Å². The fourth-order valence-corrected chi connectivity index (χ4v) is 4.11. The largest absolute Gasteiger partial charge is 0.490 e. The molecule has 8 heteroatoms. The molecule has 8 nitrogen and oxygen atoms in total. The molecule has 1 fully saturated rings. The number of anilines is 1. The van der Waals surface area contributed by atoms with Crippen LogP contribution in [0.15, 0.2) is 80.2 Å². The second kappa shape index (κ2) is 10.6. The summed E-state index contributed by atoms with van der Waals surface area (Å²) in [5.41, 5.74) is 8.40. The number of fused-ring (bicyclic) bond motifs is 1. The Labute approximate surface area is 198 Å². The molecule has 1 aliphatic heterocycles. The second-order valence-corrected chi connectivity index (χ2v) is 7.92. The maximum Gasteiger partial charge on any atom is 0.246 e. The van der Waals surface area contributed by atoms with Crippen molar-refractivity contribution in [3.05, 3.63) is 85.9 Å². The molecule has 3 aromatic rings. The molecule has 1 unspecified atom stereocenters. The van der Waals surface area contributed by atoms with Gasteiger partial charge in [-0.25, -0.2) is 14.6 Å². The van der Waals surface area contributed by atoms with Crippen molar-refractivity contribution >= 4 is 28.3 Å². The third kappa shape index (κ3) is 4.91. The number of hydrogen-bond acceptors (Lipinski definition) is 6. The van der Waals surface area contributed by atoms with Gasteiger partial charge in [-0.1, -0.05) is 49.6 Å². The summed E-state index contributed by atoms with van der Waals surface area (Å²) in [5, 5.41) is 5.59. The molecule has 1 amide bonds. The Morgan fingerprint density at radius 3 is 2.82 bits per heavy atom. The number of allylic oxidation sites excluding steroid dienone is 4. The Balaban J connectivity index is 1.66. The van der Waals surface area contributed by atoms with Crippen LogP contribution in [0.25, 0.3) is 16.6 Å². The summed E-state index contributed by atoms with van der Waals surface area (Å²) in [5.74, 6) is 1.07. The fraction of sp³-hybridized carbons (Fsp3) is 0.231. The molecule has 1 saturated heterocycles. The van der Waals surface area contributed by atoms with E-state index in [0.29, 0.717) is 42.2 Å². The third-order valence-corrected chi connectivity index (χ3v) is 5.70. The van der Waals surface area contributed by atoms with Gasteiger partial charge in [0.15, 0.2) is 5.65 Å². The van der Waals surface area contributed by atoms with Crippen molar-refractivity contribution in [3.63, 3.8) is 0 Å². The summed E-state index contributed by atoms with van der Waals surface area (Å²) in [4.78, 5) is 22.7. The number of nitrogens with zero attached hydrogens (tertiary/aromatic N) is 5. The van der Waals surface area contributed by atoms with Crippen LogP contribution in [0.4, 0.5) is 5.82 Å². The number of benzene rings is 1. The van der Waals surface area contributed by atoms with Gasteiger partial charge >= 0.3 is 0 Å². The number of rotatable bonds is 8. The Hall–Kier alpha value is -4.20. The number of nitrogens with two attached hydrogens (primary N) is 1. The fourth-order valence-electron chi connectivity index (χ4n) is 4.11. The van der Waals surface area contributed by atoms with Crippen molar-refractivity contribution in [3.8, 4) is 5.75 Å². The maximum atomic E-state index is 12.2. The normalized spacial score (nSPS) is 16.6. The number of ether oxygens (including phenoxy) is 1. The first-order valence-electron chi connectivity index (χ1n) is 11.2. The van der Waals surface area contributed by atoms with Crippen LogP contribution < -0.4 is 10.5 Å². The lowest BCUT2D eigenvalue weighted by Crippen LogP contribution is -2.40. The number of amides is 1. The van der Waals surface area contributed by atoms with E-state index in [9.17, 15) is 4.79 Å². The predicted octanol–water partition coefficient (Wildman–Crippen LogP) is 3.96.